The fourth-order valence-electron chi connectivity index (χ4n) is 3.05. The molecular weight excluding hydrogens is 413 g/mol. The highest BCUT2D eigenvalue weighted by atomic mass is 32.2. The van der Waals surface area contributed by atoms with Crippen molar-refractivity contribution < 1.29 is 17.5 Å². The Labute approximate surface area is 171 Å². The maximum Gasteiger partial charge on any atom is 0.232 e. The van der Waals surface area contributed by atoms with Crippen LogP contribution in [0.5, 0.6) is 5.88 Å². The molecule has 30 heavy (non-hydrogen) atoms. The van der Waals surface area contributed by atoms with Crippen LogP contribution in [0.3, 0.4) is 0 Å². The first-order valence-corrected chi connectivity index (χ1v) is 10.6. The predicted octanol–water partition coefficient (Wildman–Crippen LogP) is 1.53. The van der Waals surface area contributed by atoms with Crippen molar-refractivity contribution in [1.29, 1.82) is 0 Å². The Morgan fingerprint density at radius 1 is 1.27 bits per heavy atom. The van der Waals surface area contributed by atoms with Crippen molar-refractivity contribution in [2.45, 2.75) is 18.2 Å². The first-order chi connectivity index (χ1) is 14.3. The van der Waals surface area contributed by atoms with E-state index in [1.54, 1.807) is 6.07 Å². The average molecular weight is 431 g/mol. The topological polar surface area (TPSA) is 145 Å². The van der Waals surface area contributed by atoms with Gasteiger partial charge in [0.1, 0.15) is 28.2 Å². The Morgan fingerprint density at radius 2 is 2.07 bits per heavy atom. The molecule has 0 saturated carbocycles. The molecule has 4 heterocycles. The third-order valence-electron chi connectivity index (χ3n) is 4.79. The third-order valence-corrected chi connectivity index (χ3v) is 6.89. The van der Waals surface area contributed by atoms with Gasteiger partial charge >= 0.3 is 0 Å². The van der Waals surface area contributed by atoms with Gasteiger partial charge in [-0.25, -0.2) is 32.7 Å². The Hall–Kier alpha value is -3.41. The summed E-state index contributed by atoms with van der Waals surface area (Å²) in [5.74, 6) is -0.119. The summed E-state index contributed by atoms with van der Waals surface area (Å²) < 4.78 is 44.2. The molecule has 0 aliphatic carbocycles. The normalized spacial score (nSPS) is 20.6. The van der Waals surface area contributed by atoms with Crippen molar-refractivity contribution in [3.05, 3.63) is 42.1 Å². The van der Waals surface area contributed by atoms with Gasteiger partial charge < -0.3 is 15.8 Å². The fraction of sp³-hybridized carbons (Fsp3) is 0.278. The first-order valence-electron chi connectivity index (χ1n) is 8.91. The number of halogens is 1. The van der Waals surface area contributed by atoms with Gasteiger partial charge in [0, 0.05) is 11.8 Å². The summed E-state index contributed by atoms with van der Waals surface area (Å²) >= 11 is 0. The number of methoxy groups -OCH3 is 1. The van der Waals surface area contributed by atoms with E-state index < -0.39 is 26.9 Å². The van der Waals surface area contributed by atoms with Crippen LogP contribution in [0.15, 0.2) is 35.7 Å². The highest BCUT2D eigenvalue weighted by Gasteiger charge is 2.35. The van der Waals surface area contributed by atoms with Gasteiger partial charge in [0.2, 0.25) is 5.88 Å². The smallest absolute Gasteiger partial charge is 0.232 e. The van der Waals surface area contributed by atoms with Crippen molar-refractivity contribution in [2.75, 3.05) is 18.2 Å². The zero-order valence-electron chi connectivity index (χ0n) is 16.1. The zero-order valence-corrected chi connectivity index (χ0v) is 16.9. The number of aromatic nitrogens is 4. The lowest BCUT2D eigenvalue weighted by Gasteiger charge is -2.24. The van der Waals surface area contributed by atoms with Crippen molar-refractivity contribution >= 4 is 38.3 Å². The third kappa shape index (κ3) is 3.61. The number of nitrogens with two attached hydrogens (primary N) is 1. The van der Waals surface area contributed by atoms with Crippen LogP contribution < -0.4 is 15.8 Å². The average Bonchev–Trinajstić information content (AvgIpc) is 2.72. The Balaban J connectivity index is 1.71. The number of anilines is 2. The predicted molar refractivity (Wildman–Crippen MR) is 109 cm³/mol. The summed E-state index contributed by atoms with van der Waals surface area (Å²) in [6.07, 6.45) is 3.97. The molecule has 1 aliphatic heterocycles. The van der Waals surface area contributed by atoms with Gasteiger partial charge in [0.15, 0.2) is 15.7 Å². The van der Waals surface area contributed by atoms with Gasteiger partial charge in [0.25, 0.3) is 0 Å². The van der Waals surface area contributed by atoms with Gasteiger partial charge in [-0.15, -0.1) is 0 Å². The standard InChI is InChI=1S/C18H18FN7O3S/c1-9-17(20)25-13(8-30(9,27)28)10-5-14(22-6-11(10)19)26-18-16-12(3-4-21-18)24-15(29-2)7-23-16/h3-7,9,13H,8H2,1-2H3,(H2,20,25)(H,21,22,26). The maximum atomic E-state index is 14.5. The number of hydrogen-bond donors (Lipinski definition) is 2. The van der Waals surface area contributed by atoms with Crippen LogP contribution >= 0.6 is 0 Å². The monoisotopic (exact) mass is 431 g/mol. The van der Waals surface area contributed by atoms with Gasteiger partial charge in [0.05, 0.1) is 36.8 Å². The lowest BCUT2D eigenvalue weighted by molar-refractivity contribution is 0.397. The molecule has 12 heteroatoms. The summed E-state index contributed by atoms with van der Waals surface area (Å²) in [6.45, 7) is 1.46. The second-order valence-electron chi connectivity index (χ2n) is 6.70. The number of fused-ring (bicyclic) bond motifs is 1. The van der Waals surface area contributed by atoms with Gasteiger partial charge in [-0.1, -0.05) is 0 Å². The number of rotatable bonds is 4. The van der Waals surface area contributed by atoms with Gasteiger partial charge in [-0.2, -0.15) is 0 Å². The van der Waals surface area contributed by atoms with Crippen LogP contribution in [0.25, 0.3) is 11.0 Å². The number of hydrogen-bond acceptors (Lipinski definition) is 10. The van der Waals surface area contributed by atoms with Gasteiger partial charge in [-0.05, 0) is 19.1 Å². The molecule has 156 valence electrons. The molecule has 0 aromatic carbocycles. The molecule has 4 rings (SSSR count). The van der Waals surface area contributed by atoms with Crippen LogP contribution in [-0.2, 0) is 9.84 Å². The summed E-state index contributed by atoms with van der Waals surface area (Å²) in [5, 5.41) is 2.07. The van der Waals surface area contributed by atoms with Gasteiger partial charge in [-0.3, -0.25) is 4.99 Å². The maximum absolute atomic E-state index is 14.5. The molecule has 0 amide bonds. The van der Waals surface area contributed by atoms with Crippen LogP contribution in [0.1, 0.15) is 18.5 Å². The van der Waals surface area contributed by atoms with Crippen LogP contribution in [0.4, 0.5) is 16.0 Å². The molecule has 1 aliphatic rings. The molecule has 0 bridgehead atoms. The number of amidine groups is 1. The fourth-order valence-corrected chi connectivity index (χ4v) is 4.46. The molecule has 0 radical (unpaired) electrons. The van der Waals surface area contributed by atoms with E-state index in [-0.39, 0.29) is 23.0 Å². The van der Waals surface area contributed by atoms with E-state index >= 15 is 0 Å². The highest BCUT2D eigenvalue weighted by Crippen LogP contribution is 2.30. The summed E-state index contributed by atoms with van der Waals surface area (Å²) in [6, 6.07) is 2.10. The lowest BCUT2D eigenvalue weighted by Crippen LogP contribution is -2.40. The number of pyridine rings is 2. The minimum atomic E-state index is -3.54. The molecule has 3 aromatic heterocycles. The molecule has 2 unspecified atom stereocenters. The van der Waals surface area contributed by atoms with E-state index in [2.05, 4.69) is 30.2 Å². The van der Waals surface area contributed by atoms with Crippen molar-refractivity contribution in [3.8, 4) is 5.88 Å². The number of sulfone groups is 1. The Morgan fingerprint density at radius 3 is 2.80 bits per heavy atom. The molecule has 2 atom stereocenters. The van der Waals surface area contributed by atoms with Crippen LogP contribution in [-0.4, -0.2) is 52.3 Å². The molecule has 0 spiro atoms. The zero-order chi connectivity index (χ0) is 21.5. The lowest BCUT2D eigenvalue weighted by atomic mass is 10.1. The van der Waals surface area contributed by atoms with Crippen LogP contribution in [0.2, 0.25) is 0 Å². The summed E-state index contributed by atoms with van der Waals surface area (Å²) in [7, 11) is -2.05. The largest absolute Gasteiger partial charge is 0.480 e. The van der Waals surface area contributed by atoms with Crippen molar-refractivity contribution in [1.82, 2.24) is 19.9 Å². The minimum absolute atomic E-state index is 0.0445. The summed E-state index contributed by atoms with van der Waals surface area (Å²) in [4.78, 5) is 21.0. The van der Waals surface area contributed by atoms with E-state index in [9.17, 15) is 12.8 Å². The number of aliphatic imine (C=N–C) groups is 1. The molecule has 0 saturated heterocycles. The van der Waals surface area contributed by atoms with E-state index in [0.29, 0.717) is 22.7 Å². The van der Waals surface area contributed by atoms with Crippen molar-refractivity contribution in [3.63, 3.8) is 0 Å². The molecule has 0 fully saturated rings. The van der Waals surface area contributed by atoms with E-state index in [1.165, 1.54) is 32.5 Å². The molecule has 10 nitrogen and oxygen atoms in total. The molecular formula is C18H18FN7O3S. The highest BCUT2D eigenvalue weighted by molar-refractivity contribution is 7.92. The summed E-state index contributed by atoms with van der Waals surface area (Å²) in [5.41, 5.74) is 6.83. The van der Waals surface area contributed by atoms with E-state index in [1.807, 2.05) is 0 Å². The number of nitrogens with one attached hydrogen (secondary N) is 1. The van der Waals surface area contributed by atoms with E-state index in [4.69, 9.17) is 10.5 Å². The Kier molecular flexibility index (Phi) is 4.94. The number of nitrogens with zero attached hydrogens (tertiary/aromatic N) is 5. The first kappa shape index (κ1) is 19.9. The van der Waals surface area contributed by atoms with Crippen molar-refractivity contribution in [2.24, 2.45) is 10.7 Å². The quantitative estimate of drug-likeness (QED) is 0.628. The number of ether oxygens (including phenoxy) is 1. The van der Waals surface area contributed by atoms with Crippen LogP contribution in [0, 0.1) is 5.82 Å². The molecule has 3 N–H and O–H groups in total. The second-order valence-corrected chi connectivity index (χ2v) is 9.06. The SMILES string of the molecule is COc1cnc2c(Nc3cc(C4CS(=O)(=O)C(C)C(N)=N4)c(F)cn3)nccc2n1. The van der Waals surface area contributed by atoms with E-state index in [0.717, 1.165) is 6.20 Å². The Bertz CT molecular complexity index is 1270. The minimum Gasteiger partial charge on any atom is -0.480 e. The second kappa shape index (κ2) is 7.44. The molecule has 3 aromatic rings.